The van der Waals surface area contributed by atoms with Crippen molar-refractivity contribution in [3.05, 3.63) is 107 Å². The van der Waals surface area contributed by atoms with Crippen molar-refractivity contribution < 1.29 is 19.1 Å². The fourth-order valence-electron chi connectivity index (χ4n) is 2.69. The maximum Gasteiger partial charge on any atom is 0.346 e. The Hall–Kier alpha value is -3.39. The lowest BCUT2D eigenvalue weighted by Crippen LogP contribution is -2.09. The lowest BCUT2D eigenvalue weighted by molar-refractivity contribution is 0.0724. The van der Waals surface area contributed by atoms with Crippen LogP contribution in [0.3, 0.4) is 0 Å². The topological polar surface area (TPSA) is 78.4 Å². The first kappa shape index (κ1) is 22.8. The third kappa shape index (κ3) is 5.90. The number of esters is 2. The first-order chi connectivity index (χ1) is 16.0. The molecule has 0 amide bonds. The third-order valence-electron chi connectivity index (χ3n) is 4.26. The van der Waals surface area contributed by atoms with Crippen molar-refractivity contribution in [3.8, 4) is 11.5 Å². The highest BCUT2D eigenvalue weighted by atomic mass is 35.5. The number of ether oxygens (including phenoxy) is 2. The monoisotopic (exact) mass is 496 g/mol. The van der Waals surface area contributed by atoms with Crippen LogP contribution in [-0.4, -0.2) is 21.9 Å². The molecule has 0 atom stereocenters. The number of pyridine rings is 2. The zero-order valence-electron chi connectivity index (χ0n) is 16.8. The van der Waals surface area contributed by atoms with Crippen molar-refractivity contribution in [1.82, 2.24) is 9.97 Å². The van der Waals surface area contributed by atoms with Crippen LogP contribution in [0.1, 0.15) is 20.7 Å². The van der Waals surface area contributed by atoms with Gasteiger partial charge in [-0.15, -0.1) is 0 Å². The highest BCUT2D eigenvalue weighted by Gasteiger charge is 2.14. The van der Waals surface area contributed by atoms with Crippen molar-refractivity contribution in [2.45, 2.75) is 9.79 Å². The molecule has 9 heteroatoms. The number of rotatable bonds is 6. The van der Waals surface area contributed by atoms with Crippen LogP contribution in [0.2, 0.25) is 10.3 Å². The van der Waals surface area contributed by atoms with E-state index in [0.717, 1.165) is 9.79 Å². The largest absolute Gasteiger partial charge is 0.423 e. The molecule has 0 bridgehead atoms. The van der Waals surface area contributed by atoms with E-state index in [0.29, 0.717) is 11.5 Å². The predicted molar refractivity (Wildman–Crippen MR) is 125 cm³/mol. The summed E-state index contributed by atoms with van der Waals surface area (Å²) in [5.74, 6) is -0.376. The van der Waals surface area contributed by atoms with Gasteiger partial charge >= 0.3 is 11.9 Å². The van der Waals surface area contributed by atoms with Crippen molar-refractivity contribution in [2.24, 2.45) is 0 Å². The fourth-order valence-corrected chi connectivity index (χ4v) is 3.90. The molecule has 0 radical (unpaired) electrons. The van der Waals surface area contributed by atoms with E-state index < -0.39 is 11.9 Å². The molecule has 0 saturated carbocycles. The summed E-state index contributed by atoms with van der Waals surface area (Å²) in [5.41, 5.74) is 0.397. The van der Waals surface area contributed by atoms with Crippen molar-refractivity contribution in [3.63, 3.8) is 0 Å². The molecular formula is C24H14Cl2N2O4S. The van der Waals surface area contributed by atoms with Crippen LogP contribution in [0.15, 0.2) is 95.0 Å². The van der Waals surface area contributed by atoms with E-state index in [1.807, 2.05) is 24.3 Å². The van der Waals surface area contributed by atoms with E-state index in [2.05, 4.69) is 9.97 Å². The summed E-state index contributed by atoms with van der Waals surface area (Å²) in [7, 11) is 0. The smallest absolute Gasteiger partial charge is 0.346 e. The molecule has 0 N–H and O–H groups in total. The van der Waals surface area contributed by atoms with Gasteiger partial charge in [-0.1, -0.05) is 35.0 Å². The molecule has 4 rings (SSSR count). The molecule has 0 aliphatic carbocycles. The Labute approximate surface area is 203 Å². The zero-order chi connectivity index (χ0) is 23.2. The highest BCUT2D eigenvalue weighted by Crippen LogP contribution is 2.31. The van der Waals surface area contributed by atoms with Gasteiger partial charge in [0.15, 0.2) is 0 Å². The minimum absolute atomic E-state index is 0.0901. The molecule has 164 valence electrons. The second kappa shape index (κ2) is 10.5. The summed E-state index contributed by atoms with van der Waals surface area (Å²) < 4.78 is 10.7. The first-order valence-electron chi connectivity index (χ1n) is 9.53. The molecule has 6 nitrogen and oxygen atoms in total. The van der Waals surface area contributed by atoms with E-state index in [4.69, 9.17) is 32.7 Å². The maximum atomic E-state index is 12.2. The fraction of sp³-hybridized carbons (Fsp3) is 0. The Morgan fingerprint density at radius 3 is 1.39 bits per heavy atom. The molecule has 4 aromatic rings. The average Bonchev–Trinajstić information content (AvgIpc) is 2.82. The van der Waals surface area contributed by atoms with Gasteiger partial charge in [-0.25, -0.2) is 19.6 Å². The number of hydrogen-bond donors (Lipinski definition) is 0. The summed E-state index contributed by atoms with van der Waals surface area (Å²) >= 11 is 13.3. The lowest BCUT2D eigenvalue weighted by atomic mass is 10.3. The van der Waals surface area contributed by atoms with Gasteiger partial charge in [-0.3, -0.25) is 0 Å². The van der Waals surface area contributed by atoms with Gasteiger partial charge in [0.2, 0.25) is 0 Å². The van der Waals surface area contributed by atoms with Crippen molar-refractivity contribution in [2.75, 3.05) is 0 Å². The Morgan fingerprint density at radius 2 is 1.03 bits per heavy atom. The first-order valence-corrected chi connectivity index (χ1v) is 11.1. The Balaban J connectivity index is 1.35. The molecule has 0 fully saturated rings. The lowest BCUT2D eigenvalue weighted by Gasteiger charge is -2.08. The Bertz CT molecular complexity index is 1200. The number of carbonyl (C=O) groups is 2. The highest BCUT2D eigenvalue weighted by molar-refractivity contribution is 7.99. The summed E-state index contributed by atoms with van der Waals surface area (Å²) in [6.45, 7) is 0. The predicted octanol–water partition coefficient (Wildman–Crippen LogP) is 6.37. The normalized spacial score (nSPS) is 10.5. The molecule has 2 heterocycles. The SMILES string of the molecule is O=C(Oc1ccc(Sc2ccc(OC(=O)c3cccnc3Cl)cc2)cc1)c1cccnc1Cl. The van der Waals surface area contributed by atoms with E-state index in [-0.39, 0.29) is 21.4 Å². The van der Waals surface area contributed by atoms with Crippen LogP contribution in [0.25, 0.3) is 0 Å². The second-order valence-electron chi connectivity index (χ2n) is 6.51. The van der Waals surface area contributed by atoms with E-state index in [1.54, 1.807) is 48.5 Å². The molecule has 2 aromatic heterocycles. The van der Waals surface area contributed by atoms with Gasteiger partial charge < -0.3 is 9.47 Å². The summed E-state index contributed by atoms with van der Waals surface area (Å²) in [6.07, 6.45) is 3.00. The molecule has 0 unspecified atom stereocenters. The molecule has 0 saturated heterocycles. The van der Waals surface area contributed by atoms with Crippen LogP contribution in [-0.2, 0) is 0 Å². The van der Waals surface area contributed by atoms with Crippen LogP contribution >= 0.6 is 35.0 Å². The molecule has 33 heavy (non-hydrogen) atoms. The van der Waals surface area contributed by atoms with Gasteiger partial charge in [-0.2, -0.15) is 0 Å². The van der Waals surface area contributed by atoms with Crippen molar-refractivity contribution in [1.29, 1.82) is 0 Å². The van der Waals surface area contributed by atoms with Crippen molar-refractivity contribution >= 4 is 46.9 Å². The Kier molecular flexibility index (Phi) is 7.24. The van der Waals surface area contributed by atoms with Gasteiger partial charge in [0.25, 0.3) is 0 Å². The summed E-state index contributed by atoms with van der Waals surface area (Å²) in [5, 5.41) is 0.180. The number of nitrogens with zero attached hydrogens (tertiary/aromatic N) is 2. The maximum absolute atomic E-state index is 12.2. The van der Waals surface area contributed by atoms with Gasteiger partial charge in [-0.05, 0) is 72.8 Å². The minimum Gasteiger partial charge on any atom is -0.423 e. The number of aromatic nitrogens is 2. The standard InChI is InChI=1S/C24H14Cl2N2O4S/c25-21-19(3-1-13-27-21)23(29)31-15-5-9-17(10-6-15)33-18-11-7-16(8-12-18)32-24(30)20-4-2-14-28-22(20)26/h1-14H. The summed E-state index contributed by atoms with van der Waals surface area (Å²) in [6, 6.07) is 20.4. The minimum atomic E-state index is -0.578. The van der Waals surface area contributed by atoms with Crippen LogP contribution < -0.4 is 9.47 Å². The quantitative estimate of drug-likeness (QED) is 0.174. The second-order valence-corrected chi connectivity index (χ2v) is 8.37. The van der Waals surface area contributed by atoms with Crippen LogP contribution in [0, 0.1) is 0 Å². The van der Waals surface area contributed by atoms with Gasteiger partial charge in [0, 0.05) is 22.2 Å². The van der Waals surface area contributed by atoms with Gasteiger partial charge in [0.1, 0.15) is 21.8 Å². The van der Waals surface area contributed by atoms with E-state index in [9.17, 15) is 9.59 Å². The molecule has 2 aromatic carbocycles. The third-order valence-corrected chi connectivity index (χ3v) is 5.88. The molecular weight excluding hydrogens is 483 g/mol. The molecule has 0 aliphatic rings. The number of benzene rings is 2. The average molecular weight is 497 g/mol. The number of halogens is 2. The van der Waals surface area contributed by atoms with E-state index in [1.165, 1.54) is 24.2 Å². The van der Waals surface area contributed by atoms with Gasteiger partial charge in [0.05, 0.1) is 11.1 Å². The zero-order valence-corrected chi connectivity index (χ0v) is 19.1. The molecule has 0 aliphatic heterocycles. The number of hydrogen-bond acceptors (Lipinski definition) is 7. The van der Waals surface area contributed by atoms with E-state index >= 15 is 0 Å². The Morgan fingerprint density at radius 1 is 0.636 bits per heavy atom. The molecule has 0 spiro atoms. The summed E-state index contributed by atoms with van der Waals surface area (Å²) in [4.78, 5) is 34.1. The van der Waals surface area contributed by atoms with Crippen LogP contribution in [0.4, 0.5) is 0 Å². The number of carbonyl (C=O) groups excluding carboxylic acids is 2. The van der Waals surface area contributed by atoms with Crippen LogP contribution in [0.5, 0.6) is 11.5 Å².